The quantitative estimate of drug-likeness (QED) is 0.300. The lowest BCUT2D eigenvalue weighted by Gasteiger charge is -2.14. The summed E-state index contributed by atoms with van der Waals surface area (Å²) in [4.78, 5) is 19.6. The third-order valence-corrected chi connectivity index (χ3v) is 5.44. The maximum Gasteiger partial charge on any atom is 0.417 e. The first kappa shape index (κ1) is 24.8. The van der Waals surface area contributed by atoms with E-state index in [1.54, 1.807) is 43.3 Å². The van der Waals surface area contributed by atoms with Crippen molar-refractivity contribution < 1.29 is 27.4 Å². The third-order valence-electron chi connectivity index (χ3n) is 5.44. The van der Waals surface area contributed by atoms with Crippen LogP contribution < -0.4 is 4.74 Å². The van der Waals surface area contributed by atoms with Gasteiger partial charge in [0, 0.05) is 28.2 Å². The molecule has 2 heterocycles. The topological polar surface area (TPSA) is 88.0 Å². The van der Waals surface area contributed by atoms with Gasteiger partial charge in [-0.3, -0.25) is 4.98 Å². The fourth-order valence-electron chi connectivity index (χ4n) is 3.96. The number of hydrogen-bond donors (Lipinski definition) is 1. The molecule has 4 aromatic rings. The smallest absolute Gasteiger partial charge is 0.417 e. The molecule has 0 amide bonds. The molecule has 0 saturated carbocycles. The van der Waals surface area contributed by atoms with Crippen molar-refractivity contribution in [3.63, 3.8) is 0 Å². The van der Waals surface area contributed by atoms with Crippen LogP contribution in [0.4, 0.5) is 13.2 Å². The molecule has 0 aliphatic heterocycles. The fraction of sp³-hybridized carbons (Fsp3) is 0.222. The average Bonchev–Trinajstić information content (AvgIpc) is 3.22. The van der Waals surface area contributed by atoms with Crippen molar-refractivity contribution in [3.05, 3.63) is 71.5 Å². The third kappa shape index (κ3) is 4.75. The van der Waals surface area contributed by atoms with Crippen LogP contribution in [0.2, 0.25) is 0 Å². The fourth-order valence-corrected chi connectivity index (χ4v) is 3.96. The number of aromatic amines is 1. The van der Waals surface area contributed by atoms with Crippen molar-refractivity contribution in [1.82, 2.24) is 9.97 Å². The average molecular weight is 493 g/mol. The van der Waals surface area contributed by atoms with Crippen LogP contribution in [0.3, 0.4) is 0 Å². The summed E-state index contributed by atoms with van der Waals surface area (Å²) in [5.74, 6) is -0.0389. The van der Waals surface area contributed by atoms with Crippen LogP contribution in [-0.4, -0.2) is 28.6 Å². The van der Waals surface area contributed by atoms with Crippen LogP contribution in [0.1, 0.15) is 42.4 Å². The van der Waals surface area contributed by atoms with Crippen molar-refractivity contribution in [1.29, 1.82) is 5.26 Å². The molecule has 0 fully saturated rings. The Morgan fingerprint density at radius 1 is 1.11 bits per heavy atom. The number of esters is 1. The van der Waals surface area contributed by atoms with E-state index < -0.39 is 17.7 Å². The molecule has 0 saturated heterocycles. The molecule has 6 nitrogen and oxygen atoms in total. The minimum absolute atomic E-state index is 0.00731. The number of ether oxygens (including phenoxy) is 2. The molecule has 0 aliphatic carbocycles. The van der Waals surface area contributed by atoms with Gasteiger partial charge in [-0.25, -0.2) is 4.79 Å². The Morgan fingerprint density at radius 3 is 2.39 bits per heavy atom. The molecule has 4 rings (SSSR count). The van der Waals surface area contributed by atoms with Crippen LogP contribution in [-0.2, 0) is 10.9 Å². The monoisotopic (exact) mass is 493 g/mol. The minimum Gasteiger partial charge on any atom is -0.491 e. The molecule has 36 heavy (non-hydrogen) atoms. The van der Waals surface area contributed by atoms with Crippen LogP contribution in [0.5, 0.6) is 5.75 Å². The molecule has 0 bridgehead atoms. The maximum atomic E-state index is 13.1. The van der Waals surface area contributed by atoms with E-state index >= 15 is 0 Å². The normalized spacial score (nSPS) is 11.5. The number of pyridine rings is 1. The number of aromatic nitrogens is 2. The van der Waals surface area contributed by atoms with E-state index in [1.165, 1.54) is 6.07 Å². The molecule has 0 aliphatic rings. The summed E-state index contributed by atoms with van der Waals surface area (Å²) in [5, 5.41) is 10.4. The number of nitrogens with one attached hydrogen (secondary N) is 1. The SMILES string of the molecule is CCOC(=O)c1[nH]c2ccc(-c3ccc(C(F)(F)F)cn3)c(-c3ccc(OC(C)C)cc3)c2c1C#N. The number of rotatable bonds is 6. The van der Waals surface area contributed by atoms with Gasteiger partial charge in [-0.15, -0.1) is 0 Å². The number of nitrogens with zero attached hydrogens (tertiary/aromatic N) is 2. The van der Waals surface area contributed by atoms with Gasteiger partial charge in [0.2, 0.25) is 0 Å². The van der Waals surface area contributed by atoms with Crippen molar-refractivity contribution in [2.75, 3.05) is 6.61 Å². The van der Waals surface area contributed by atoms with Crippen molar-refractivity contribution >= 4 is 16.9 Å². The Morgan fingerprint density at radius 2 is 1.83 bits per heavy atom. The van der Waals surface area contributed by atoms with E-state index in [4.69, 9.17) is 9.47 Å². The number of fused-ring (bicyclic) bond motifs is 1. The molecular formula is C27H22F3N3O3. The van der Waals surface area contributed by atoms with Gasteiger partial charge in [0.05, 0.1) is 29.5 Å². The number of hydrogen-bond acceptors (Lipinski definition) is 5. The Labute approximate surface area is 205 Å². The second kappa shape index (κ2) is 9.74. The highest BCUT2D eigenvalue weighted by Crippen LogP contribution is 2.41. The van der Waals surface area contributed by atoms with Gasteiger partial charge in [-0.1, -0.05) is 18.2 Å². The maximum absolute atomic E-state index is 13.1. The number of benzene rings is 2. The summed E-state index contributed by atoms with van der Waals surface area (Å²) in [6.45, 7) is 5.59. The molecule has 0 spiro atoms. The van der Waals surface area contributed by atoms with Gasteiger partial charge in [0.1, 0.15) is 17.5 Å². The van der Waals surface area contributed by atoms with Crippen molar-refractivity contribution in [2.24, 2.45) is 0 Å². The van der Waals surface area contributed by atoms with E-state index in [0.29, 0.717) is 33.3 Å². The predicted molar refractivity (Wildman–Crippen MR) is 128 cm³/mol. The van der Waals surface area contributed by atoms with Crippen LogP contribution in [0, 0.1) is 11.3 Å². The highest BCUT2D eigenvalue weighted by molar-refractivity contribution is 6.10. The summed E-state index contributed by atoms with van der Waals surface area (Å²) in [6, 6.07) is 14.8. The molecule has 184 valence electrons. The highest BCUT2D eigenvalue weighted by atomic mass is 19.4. The number of carbonyl (C=O) groups excluding carboxylic acids is 1. The van der Waals surface area contributed by atoms with Gasteiger partial charge in [0.15, 0.2) is 0 Å². The molecule has 2 aromatic carbocycles. The number of alkyl halides is 3. The van der Waals surface area contributed by atoms with Crippen molar-refractivity contribution in [3.8, 4) is 34.2 Å². The lowest BCUT2D eigenvalue weighted by atomic mass is 9.91. The molecule has 1 N–H and O–H groups in total. The first-order valence-corrected chi connectivity index (χ1v) is 11.2. The van der Waals surface area contributed by atoms with Gasteiger partial charge < -0.3 is 14.5 Å². The number of nitriles is 1. The zero-order valence-electron chi connectivity index (χ0n) is 19.7. The predicted octanol–water partition coefficient (Wildman–Crippen LogP) is 6.75. The Balaban J connectivity index is 1.98. The number of carbonyl (C=O) groups is 1. The molecule has 0 atom stereocenters. The lowest BCUT2D eigenvalue weighted by molar-refractivity contribution is -0.137. The second-order valence-corrected chi connectivity index (χ2v) is 8.24. The summed E-state index contributed by atoms with van der Waals surface area (Å²) < 4.78 is 50.1. The van der Waals surface area contributed by atoms with Crippen LogP contribution in [0.15, 0.2) is 54.7 Å². The van der Waals surface area contributed by atoms with Crippen LogP contribution in [0.25, 0.3) is 33.3 Å². The summed E-state index contributed by atoms with van der Waals surface area (Å²) in [6.07, 6.45) is -3.78. The van der Waals surface area contributed by atoms with Gasteiger partial charge >= 0.3 is 12.1 Å². The molecule has 9 heteroatoms. The van der Waals surface area contributed by atoms with Crippen molar-refractivity contribution in [2.45, 2.75) is 33.1 Å². The molecule has 0 unspecified atom stereocenters. The minimum atomic E-state index is -4.52. The highest BCUT2D eigenvalue weighted by Gasteiger charge is 2.31. The summed E-state index contributed by atoms with van der Waals surface area (Å²) in [7, 11) is 0. The van der Waals surface area contributed by atoms with E-state index in [2.05, 4.69) is 16.0 Å². The first-order chi connectivity index (χ1) is 17.1. The van der Waals surface area contributed by atoms with Gasteiger partial charge in [0.25, 0.3) is 0 Å². The first-order valence-electron chi connectivity index (χ1n) is 11.2. The Bertz CT molecular complexity index is 1450. The lowest BCUT2D eigenvalue weighted by Crippen LogP contribution is -2.06. The Kier molecular flexibility index (Phi) is 6.71. The summed E-state index contributed by atoms with van der Waals surface area (Å²) >= 11 is 0. The van der Waals surface area contributed by atoms with Crippen LogP contribution >= 0.6 is 0 Å². The standard InChI is InChI=1S/C27H22F3N3O3/c1-4-35-26(34)25-20(13-31)24-22(33-25)12-10-19(21-11-7-17(14-32-21)27(28,29)30)23(24)16-5-8-18(9-6-16)36-15(2)3/h5-12,14-15,33H,4H2,1-3H3. The van der Waals surface area contributed by atoms with E-state index in [1.807, 2.05) is 13.8 Å². The molecule has 2 aromatic heterocycles. The largest absolute Gasteiger partial charge is 0.491 e. The second-order valence-electron chi connectivity index (χ2n) is 8.24. The number of halogens is 3. The van der Waals surface area contributed by atoms with Gasteiger partial charge in [-0.2, -0.15) is 18.4 Å². The van der Waals surface area contributed by atoms with E-state index in [-0.39, 0.29) is 29.7 Å². The Hall–Kier alpha value is -4.32. The zero-order valence-corrected chi connectivity index (χ0v) is 19.7. The zero-order chi connectivity index (χ0) is 26.0. The van der Waals surface area contributed by atoms with E-state index in [9.17, 15) is 23.2 Å². The summed E-state index contributed by atoms with van der Waals surface area (Å²) in [5.41, 5.74) is 1.71. The van der Waals surface area contributed by atoms with Gasteiger partial charge in [-0.05, 0) is 56.7 Å². The molecule has 0 radical (unpaired) electrons. The number of H-pyrrole nitrogens is 1. The molecular weight excluding hydrogens is 471 g/mol. The van der Waals surface area contributed by atoms with E-state index in [0.717, 1.165) is 12.3 Å².